The van der Waals surface area contributed by atoms with Crippen molar-refractivity contribution in [2.75, 3.05) is 0 Å². The summed E-state index contributed by atoms with van der Waals surface area (Å²) in [5, 5.41) is 16.3. The number of aromatic hydroxyl groups is 1. The largest absolute Gasteiger partial charge is 0.506 e. The molecule has 3 rings (SSSR count). The number of benzene rings is 1. The second-order valence-corrected chi connectivity index (χ2v) is 7.79. The maximum atomic E-state index is 12.4. The number of rotatable bonds is 4. The van der Waals surface area contributed by atoms with Crippen molar-refractivity contribution in [3.8, 4) is 5.75 Å². The van der Waals surface area contributed by atoms with Gasteiger partial charge in [-0.3, -0.25) is 9.59 Å². The van der Waals surface area contributed by atoms with E-state index in [9.17, 15) is 14.7 Å². The second-order valence-electron chi connectivity index (χ2n) is 6.94. The summed E-state index contributed by atoms with van der Waals surface area (Å²) >= 11 is 11.8. The zero-order chi connectivity index (χ0) is 18.0. The fourth-order valence-electron chi connectivity index (χ4n) is 3.37. The fraction of sp³-hybridized carbons (Fsp3) is 0.556. The summed E-state index contributed by atoms with van der Waals surface area (Å²) in [4.78, 5) is 24.6. The van der Waals surface area contributed by atoms with Crippen LogP contribution in [0.15, 0.2) is 12.1 Å². The molecule has 0 atom stereocenters. The lowest BCUT2D eigenvalue weighted by Crippen LogP contribution is -2.45. The van der Waals surface area contributed by atoms with E-state index < -0.39 is 5.91 Å². The Kier molecular flexibility index (Phi) is 5.74. The van der Waals surface area contributed by atoms with Crippen molar-refractivity contribution in [1.29, 1.82) is 0 Å². The van der Waals surface area contributed by atoms with E-state index in [4.69, 9.17) is 23.2 Å². The van der Waals surface area contributed by atoms with Gasteiger partial charge in [0.1, 0.15) is 5.75 Å². The summed E-state index contributed by atoms with van der Waals surface area (Å²) in [6.45, 7) is 0. The van der Waals surface area contributed by atoms with Gasteiger partial charge in [0.2, 0.25) is 5.91 Å². The third-order valence-corrected chi connectivity index (χ3v) is 5.66. The third-order valence-electron chi connectivity index (χ3n) is 5.16. The van der Waals surface area contributed by atoms with E-state index in [1.807, 2.05) is 0 Å². The monoisotopic (exact) mass is 384 g/mol. The van der Waals surface area contributed by atoms with Gasteiger partial charge in [0.25, 0.3) is 5.91 Å². The Morgan fingerprint density at radius 1 is 0.960 bits per heavy atom. The topological polar surface area (TPSA) is 78.4 Å². The predicted molar refractivity (Wildman–Crippen MR) is 97.1 cm³/mol. The zero-order valence-corrected chi connectivity index (χ0v) is 15.4. The summed E-state index contributed by atoms with van der Waals surface area (Å²) in [7, 11) is 0. The van der Waals surface area contributed by atoms with E-state index in [-0.39, 0.29) is 34.2 Å². The maximum Gasteiger partial charge on any atom is 0.255 e. The molecule has 3 N–H and O–H groups in total. The minimum atomic E-state index is -0.399. The highest BCUT2D eigenvalue weighted by Gasteiger charge is 2.30. The molecule has 2 fully saturated rings. The van der Waals surface area contributed by atoms with Gasteiger partial charge in [0.05, 0.1) is 10.6 Å². The summed E-state index contributed by atoms with van der Waals surface area (Å²) in [5.74, 6) is -0.488. The number of carbonyl (C=O) groups is 2. The first kappa shape index (κ1) is 18.3. The minimum absolute atomic E-state index is 0.0163. The van der Waals surface area contributed by atoms with Crippen LogP contribution in [-0.4, -0.2) is 29.0 Å². The normalized spacial score (nSPS) is 23.6. The first-order valence-electron chi connectivity index (χ1n) is 8.73. The van der Waals surface area contributed by atoms with Gasteiger partial charge in [-0.2, -0.15) is 0 Å². The van der Waals surface area contributed by atoms with Gasteiger partial charge >= 0.3 is 0 Å². The van der Waals surface area contributed by atoms with E-state index in [1.165, 1.54) is 18.6 Å². The standard InChI is InChI=1S/C18H22Cl2N2O3/c19-11-8-14(16(23)15(20)9-11)18(25)22-13-6-4-10(5-7-13)17(24)21-12-2-1-3-12/h8-10,12-13,23H,1-7H2,(H,21,24)(H,22,25). The number of halogens is 2. The molecule has 0 bridgehead atoms. The maximum absolute atomic E-state index is 12.4. The lowest BCUT2D eigenvalue weighted by Gasteiger charge is -2.32. The van der Waals surface area contributed by atoms with Crippen LogP contribution < -0.4 is 10.6 Å². The molecule has 136 valence electrons. The molecule has 0 unspecified atom stereocenters. The number of nitrogens with one attached hydrogen (secondary N) is 2. The van der Waals surface area contributed by atoms with Crippen LogP contribution in [0.3, 0.4) is 0 Å². The molecule has 1 aromatic rings. The van der Waals surface area contributed by atoms with Gasteiger partial charge in [-0.05, 0) is 57.1 Å². The molecule has 0 spiro atoms. The lowest BCUT2D eigenvalue weighted by atomic mass is 9.84. The first-order chi connectivity index (χ1) is 11.9. The van der Waals surface area contributed by atoms with Crippen molar-refractivity contribution in [3.05, 3.63) is 27.7 Å². The van der Waals surface area contributed by atoms with Crippen LogP contribution in [0.2, 0.25) is 10.0 Å². The zero-order valence-electron chi connectivity index (χ0n) is 13.9. The van der Waals surface area contributed by atoms with Crippen molar-refractivity contribution < 1.29 is 14.7 Å². The van der Waals surface area contributed by atoms with E-state index in [0.29, 0.717) is 11.1 Å². The van der Waals surface area contributed by atoms with Crippen LogP contribution in [-0.2, 0) is 4.79 Å². The smallest absolute Gasteiger partial charge is 0.255 e. The quantitative estimate of drug-likeness (QED) is 0.740. The summed E-state index contributed by atoms with van der Waals surface area (Å²) in [5.41, 5.74) is 0.0716. The van der Waals surface area contributed by atoms with Gasteiger partial charge in [0.15, 0.2) is 0 Å². The molecule has 1 aromatic carbocycles. The SMILES string of the molecule is O=C(NC1CCC(C(=O)NC2CCC2)CC1)c1cc(Cl)cc(Cl)c1O. The number of hydrogen-bond acceptors (Lipinski definition) is 3. The van der Waals surface area contributed by atoms with Gasteiger partial charge < -0.3 is 15.7 Å². The Morgan fingerprint density at radius 2 is 1.60 bits per heavy atom. The number of phenols is 1. The van der Waals surface area contributed by atoms with Crippen molar-refractivity contribution in [3.63, 3.8) is 0 Å². The number of phenolic OH excluding ortho intramolecular Hbond substituents is 1. The van der Waals surface area contributed by atoms with Crippen molar-refractivity contribution in [1.82, 2.24) is 10.6 Å². The van der Waals surface area contributed by atoms with E-state index in [2.05, 4.69) is 10.6 Å². The lowest BCUT2D eigenvalue weighted by molar-refractivity contribution is -0.127. The van der Waals surface area contributed by atoms with E-state index in [1.54, 1.807) is 0 Å². The highest BCUT2D eigenvalue weighted by Crippen LogP contribution is 2.32. The molecule has 0 aliphatic heterocycles. The molecule has 0 radical (unpaired) electrons. The summed E-state index contributed by atoms with van der Waals surface area (Å²) in [6.07, 6.45) is 6.36. The molecule has 25 heavy (non-hydrogen) atoms. The Balaban J connectivity index is 1.52. The highest BCUT2D eigenvalue weighted by molar-refractivity contribution is 6.36. The minimum Gasteiger partial charge on any atom is -0.506 e. The fourth-order valence-corrected chi connectivity index (χ4v) is 3.87. The van der Waals surface area contributed by atoms with Gasteiger partial charge in [-0.25, -0.2) is 0 Å². The van der Waals surface area contributed by atoms with Crippen LogP contribution in [0.5, 0.6) is 5.75 Å². The van der Waals surface area contributed by atoms with Crippen LogP contribution >= 0.6 is 23.2 Å². The highest BCUT2D eigenvalue weighted by atomic mass is 35.5. The number of hydrogen-bond donors (Lipinski definition) is 3. The van der Waals surface area contributed by atoms with Crippen molar-refractivity contribution in [2.45, 2.75) is 57.0 Å². The van der Waals surface area contributed by atoms with E-state index in [0.717, 1.165) is 38.5 Å². The molecule has 0 heterocycles. The molecule has 2 aliphatic carbocycles. The first-order valence-corrected chi connectivity index (χ1v) is 9.49. The van der Waals surface area contributed by atoms with Crippen molar-refractivity contribution in [2.24, 2.45) is 5.92 Å². The third kappa shape index (κ3) is 4.39. The average Bonchev–Trinajstić information content (AvgIpc) is 2.54. The average molecular weight is 385 g/mol. The second kappa shape index (κ2) is 7.83. The molecule has 0 aromatic heterocycles. The Morgan fingerprint density at radius 3 is 2.20 bits per heavy atom. The van der Waals surface area contributed by atoms with Gasteiger partial charge in [-0.1, -0.05) is 23.2 Å². The van der Waals surface area contributed by atoms with Crippen LogP contribution in [0.4, 0.5) is 0 Å². The molecule has 2 amide bonds. The molecule has 2 aliphatic rings. The van der Waals surface area contributed by atoms with Crippen LogP contribution in [0.25, 0.3) is 0 Å². The predicted octanol–water partition coefficient (Wildman–Crippen LogP) is 3.66. The summed E-state index contributed by atoms with van der Waals surface area (Å²) in [6, 6.07) is 3.13. The van der Waals surface area contributed by atoms with Crippen LogP contribution in [0, 0.1) is 5.92 Å². The number of carbonyl (C=O) groups excluding carboxylic acids is 2. The number of amides is 2. The van der Waals surface area contributed by atoms with Crippen molar-refractivity contribution >= 4 is 35.0 Å². The Hall–Kier alpha value is -1.46. The van der Waals surface area contributed by atoms with Gasteiger partial charge in [0, 0.05) is 23.0 Å². The molecule has 2 saturated carbocycles. The Labute approximate surface area is 157 Å². The van der Waals surface area contributed by atoms with E-state index >= 15 is 0 Å². The molecule has 7 heteroatoms. The summed E-state index contributed by atoms with van der Waals surface area (Å²) < 4.78 is 0. The van der Waals surface area contributed by atoms with Crippen LogP contribution in [0.1, 0.15) is 55.3 Å². The molecule has 5 nitrogen and oxygen atoms in total. The molecule has 0 saturated heterocycles. The molecular formula is C18H22Cl2N2O3. The molecular weight excluding hydrogens is 363 g/mol. The Bertz CT molecular complexity index is 669. The van der Waals surface area contributed by atoms with Gasteiger partial charge in [-0.15, -0.1) is 0 Å².